The van der Waals surface area contributed by atoms with E-state index in [1.54, 1.807) is 32.2 Å². The number of carbonyl (C=O) groups is 1. The van der Waals surface area contributed by atoms with Gasteiger partial charge >= 0.3 is 6.03 Å². The Hall–Kier alpha value is -1.59. The second kappa shape index (κ2) is 3.88. The Morgan fingerprint density at radius 1 is 1.54 bits per heavy atom. The fraction of sp³-hybridized carbons (Fsp3) is 0.571. The van der Waals surface area contributed by atoms with Crippen LogP contribution >= 0.6 is 0 Å². The van der Waals surface area contributed by atoms with E-state index in [2.05, 4.69) is 15.4 Å². The Labute approximate surface area is 76.5 Å². The topological polar surface area (TPSA) is 65.1 Å². The smallest absolute Gasteiger partial charge is 0.319 e. The molecule has 1 aromatic rings. The van der Waals surface area contributed by atoms with Crippen LogP contribution in [0.1, 0.15) is 5.69 Å². The molecule has 2 amide bonds. The Balaban J connectivity index is 2.51. The van der Waals surface area contributed by atoms with Crippen LogP contribution < -0.4 is 0 Å². The molecular weight excluding hydrogens is 170 g/mol. The fourth-order valence-electron chi connectivity index (χ4n) is 0.954. The van der Waals surface area contributed by atoms with E-state index in [-0.39, 0.29) is 6.03 Å². The summed E-state index contributed by atoms with van der Waals surface area (Å²) < 4.78 is 0. The lowest BCUT2D eigenvalue weighted by atomic mass is 10.4. The van der Waals surface area contributed by atoms with Gasteiger partial charge in [0.2, 0.25) is 0 Å². The van der Waals surface area contributed by atoms with Gasteiger partial charge in [-0.3, -0.25) is 0 Å². The highest BCUT2D eigenvalue weighted by atomic mass is 16.2. The van der Waals surface area contributed by atoms with Gasteiger partial charge in [0.25, 0.3) is 0 Å². The summed E-state index contributed by atoms with van der Waals surface area (Å²) >= 11 is 0. The molecule has 1 heterocycles. The minimum Gasteiger partial charge on any atom is -0.331 e. The molecule has 0 saturated carbocycles. The van der Waals surface area contributed by atoms with Crippen molar-refractivity contribution >= 4 is 6.03 Å². The number of hydrogen-bond donors (Lipinski definition) is 1. The molecule has 0 aromatic carbocycles. The van der Waals surface area contributed by atoms with Gasteiger partial charge in [-0.05, 0) is 0 Å². The molecule has 0 spiro atoms. The van der Waals surface area contributed by atoms with Crippen molar-refractivity contribution in [3.63, 3.8) is 0 Å². The molecule has 0 saturated heterocycles. The first-order valence-corrected chi connectivity index (χ1v) is 3.88. The Morgan fingerprint density at radius 3 is 2.69 bits per heavy atom. The molecule has 1 rings (SSSR count). The zero-order chi connectivity index (χ0) is 9.84. The van der Waals surface area contributed by atoms with Crippen LogP contribution in [0.2, 0.25) is 0 Å². The maximum absolute atomic E-state index is 11.4. The molecule has 6 nitrogen and oxygen atoms in total. The average molecular weight is 183 g/mol. The summed E-state index contributed by atoms with van der Waals surface area (Å²) in [6.07, 6.45) is 1.60. The molecule has 0 bridgehead atoms. The van der Waals surface area contributed by atoms with E-state index in [9.17, 15) is 4.79 Å². The molecule has 0 radical (unpaired) electrons. The van der Waals surface area contributed by atoms with E-state index in [1.165, 1.54) is 4.90 Å². The van der Waals surface area contributed by atoms with Gasteiger partial charge in [-0.15, -0.1) is 0 Å². The number of nitrogens with zero attached hydrogens (tertiary/aromatic N) is 4. The third-order valence-corrected chi connectivity index (χ3v) is 1.57. The number of carbonyl (C=O) groups excluding carboxylic acids is 1. The van der Waals surface area contributed by atoms with E-state index >= 15 is 0 Å². The Kier molecular flexibility index (Phi) is 2.84. The summed E-state index contributed by atoms with van der Waals surface area (Å²) in [6, 6.07) is -0.0528. The highest BCUT2D eigenvalue weighted by Crippen LogP contribution is 1.98. The summed E-state index contributed by atoms with van der Waals surface area (Å²) in [5.74, 6) is 0. The fourth-order valence-corrected chi connectivity index (χ4v) is 0.954. The van der Waals surface area contributed by atoms with Crippen LogP contribution in [0, 0.1) is 0 Å². The first-order chi connectivity index (χ1) is 6.11. The number of amides is 2. The molecule has 1 aromatic heterocycles. The maximum atomic E-state index is 11.4. The largest absolute Gasteiger partial charge is 0.331 e. The van der Waals surface area contributed by atoms with Crippen molar-refractivity contribution < 1.29 is 4.79 Å². The first-order valence-electron chi connectivity index (χ1n) is 3.88. The van der Waals surface area contributed by atoms with Gasteiger partial charge in [0.1, 0.15) is 5.69 Å². The third kappa shape index (κ3) is 2.43. The summed E-state index contributed by atoms with van der Waals surface area (Å²) in [5.41, 5.74) is 0.748. The van der Waals surface area contributed by atoms with Gasteiger partial charge in [-0.2, -0.15) is 15.4 Å². The number of hydrogen-bond acceptors (Lipinski definition) is 3. The van der Waals surface area contributed by atoms with Crippen LogP contribution in [0.15, 0.2) is 6.20 Å². The van der Waals surface area contributed by atoms with Crippen molar-refractivity contribution in [2.75, 3.05) is 21.1 Å². The standard InChI is InChI=1S/C7H13N5O/c1-11(2)7(13)12(3)5-6-4-8-10-9-6/h4H,5H2,1-3H3,(H,8,9,10). The summed E-state index contributed by atoms with van der Waals surface area (Å²) in [6.45, 7) is 0.466. The maximum Gasteiger partial charge on any atom is 0.319 e. The normalized spacial score (nSPS) is 9.77. The molecule has 0 unspecified atom stereocenters. The van der Waals surface area contributed by atoms with E-state index < -0.39 is 0 Å². The molecular formula is C7H13N5O. The molecule has 0 atom stereocenters. The number of H-pyrrole nitrogens is 1. The predicted octanol–water partition coefficient (Wildman–Crippen LogP) is -0.0819. The summed E-state index contributed by atoms with van der Waals surface area (Å²) in [4.78, 5) is 14.4. The van der Waals surface area contributed by atoms with E-state index in [4.69, 9.17) is 0 Å². The van der Waals surface area contributed by atoms with Crippen molar-refractivity contribution in [1.82, 2.24) is 25.2 Å². The lowest BCUT2D eigenvalue weighted by molar-refractivity contribution is 0.179. The van der Waals surface area contributed by atoms with Gasteiger partial charge in [-0.1, -0.05) is 0 Å². The molecule has 6 heteroatoms. The number of aromatic nitrogens is 3. The van der Waals surface area contributed by atoms with Crippen LogP contribution in [-0.2, 0) is 6.54 Å². The lowest BCUT2D eigenvalue weighted by Gasteiger charge is -2.20. The van der Waals surface area contributed by atoms with Gasteiger partial charge in [0.05, 0.1) is 12.7 Å². The van der Waals surface area contributed by atoms with Crippen molar-refractivity contribution in [3.8, 4) is 0 Å². The minimum absolute atomic E-state index is 0.0528. The van der Waals surface area contributed by atoms with Crippen LogP contribution in [0.25, 0.3) is 0 Å². The number of nitrogens with one attached hydrogen (secondary N) is 1. The number of aromatic amines is 1. The number of urea groups is 1. The zero-order valence-electron chi connectivity index (χ0n) is 7.98. The highest BCUT2D eigenvalue weighted by Gasteiger charge is 2.11. The van der Waals surface area contributed by atoms with Crippen LogP contribution in [0.5, 0.6) is 0 Å². The second-order valence-corrected chi connectivity index (χ2v) is 2.99. The lowest BCUT2D eigenvalue weighted by Crippen LogP contribution is -2.35. The van der Waals surface area contributed by atoms with E-state index in [0.29, 0.717) is 6.54 Å². The highest BCUT2D eigenvalue weighted by molar-refractivity contribution is 5.73. The quantitative estimate of drug-likeness (QED) is 0.697. The van der Waals surface area contributed by atoms with Crippen molar-refractivity contribution in [1.29, 1.82) is 0 Å². The van der Waals surface area contributed by atoms with E-state index in [1.807, 2.05) is 0 Å². The van der Waals surface area contributed by atoms with Gasteiger partial charge in [0, 0.05) is 21.1 Å². The minimum atomic E-state index is -0.0528. The van der Waals surface area contributed by atoms with Gasteiger partial charge in [0.15, 0.2) is 0 Å². The molecule has 0 fully saturated rings. The monoisotopic (exact) mass is 183 g/mol. The van der Waals surface area contributed by atoms with Crippen molar-refractivity contribution in [2.24, 2.45) is 0 Å². The third-order valence-electron chi connectivity index (χ3n) is 1.57. The van der Waals surface area contributed by atoms with E-state index in [0.717, 1.165) is 5.69 Å². The molecule has 1 N–H and O–H groups in total. The number of rotatable bonds is 2. The molecule has 0 aliphatic heterocycles. The van der Waals surface area contributed by atoms with Crippen molar-refractivity contribution in [3.05, 3.63) is 11.9 Å². The second-order valence-electron chi connectivity index (χ2n) is 2.99. The molecule has 0 aliphatic rings. The van der Waals surface area contributed by atoms with Crippen LogP contribution in [0.3, 0.4) is 0 Å². The van der Waals surface area contributed by atoms with Crippen LogP contribution in [-0.4, -0.2) is 52.4 Å². The van der Waals surface area contributed by atoms with Crippen LogP contribution in [0.4, 0.5) is 4.79 Å². The van der Waals surface area contributed by atoms with Gasteiger partial charge < -0.3 is 9.80 Å². The molecule has 13 heavy (non-hydrogen) atoms. The Bertz CT molecular complexity index is 268. The summed E-state index contributed by atoms with van der Waals surface area (Å²) in [7, 11) is 5.14. The summed E-state index contributed by atoms with van der Waals surface area (Å²) in [5, 5.41) is 9.99. The van der Waals surface area contributed by atoms with Gasteiger partial charge in [-0.25, -0.2) is 4.79 Å². The average Bonchev–Trinajstić information content (AvgIpc) is 2.55. The Morgan fingerprint density at radius 2 is 2.23 bits per heavy atom. The molecule has 0 aliphatic carbocycles. The predicted molar refractivity (Wildman–Crippen MR) is 46.9 cm³/mol. The molecule has 72 valence electrons. The van der Waals surface area contributed by atoms with Crippen molar-refractivity contribution in [2.45, 2.75) is 6.54 Å². The first kappa shape index (κ1) is 9.50. The SMILES string of the molecule is CN(C)C(=O)N(C)Cc1cn[nH]n1. The zero-order valence-corrected chi connectivity index (χ0v) is 7.98.